The van der Waals surface area contributed by atoms with E-state index in [2.05, 4.69) is 10.4 Å². The molecule has 0 unspecified atom stereocenters. The lowest BCUT2D eigenvalue weighted by Gasteiger charge is -2.05. The Balaban J connectivity index is 2.85. The van der Waals surface area contributed by atoms with Gasteiger partial charge in [-0.2, -0.15) is 0 Å². The van der Waals surface area contributed by atoms with E-state index >= 15 is 0 Å². The number of nitro groups is 1. The number of nitrogen functional groups attached to an aromatic ring is 1. The third kappa shape index (κ3) is 1.55. The number of aryl methyl sites for hydroxylation is 1. The highest BCUT2D eigenvalue weighted by Crippen LogP contribution is 2.27. The van der Waals surface area contributed by atoms with Crippen LogP contribution in [0.5, 0.6) is 0 Å². The number of hydrazine groups is 1. The van der Waals surface area contributed by atoms with E-state index in [1.807, 2.05) is 6.92 Å². The molecule has 2 rings (SSSR count). The van der Waals surface area contributed by atoms with E-state index < -0.39 is 4.92 Å². The van der Waals surface area contributed by atoms with Gasteiger partial charge in [-0.1, -0.05) is 12.1 Å². The Morgan fingerprint density at radius 3 is 2.88 bits per heavy atom. The Morgan fingerprint density at radius 2 is 2.25 bits per heavy atom. The summed E-state index contributed by atoms with van der Waals surface area (Å²) >= 11 is 0. The number of anilines is 1. The number of nitro benzene ring substituents is 1. The maximum atomic E-state index is 10.8. The normalized spacial score (nSPS) is 10.4. The number of rotatable bonds is 2. The first-order chi connectivity index (χ1) is 7.63. The summed E-state index contributed by atoms with van der Waals surface area (Å²) in [5.41, 5.74) is 3.61. The average molecular weight is 218 g/mol. The molecule has 1 aromatic carbocycles. The highest BCUT2D eigenvalue weighted by atomic mass is 16.6. The van der Waals surface area contributed by atoms with Crippen LogP contribution < -0.4 is 11.3 Å². The molecule has 2 aromatic rings. The first-order valence-electron chi connectivity index (χ1n) is 4.65. The van der Waals surface area contributed by atoms with Crippen LogP contribution in [0.15, 0.2) is 24.3 Å². The number of aromatic nitrogens is 1. The molecule has 6 heteroatoms. The van der Waals surface area contributed by atoms with E-state index in [4.69, 9.17) is 5.84 Å². The van der Waals surface area contributed by atoms with Crippen molar-refractivity contribution in [1.82, 2.24) is 4.98 Å². The number of hydrogen-bond acceptors (Lipinski definition) is 5. The van der Waals surface area contributed by atoms with Gasteiger partial charge in [0.15, 0.2) is 5.52 Å². The minimum absolute atomic E-state index is 0.0160. The lowest BCUT2D eigenvalue weighted by Crippen LogP contribution is -2.09. The Morgan fingerprint density at radius 1 is 1.50 bits per heavy atom. The molecular formula is C10H10N4O2. The highest BCUT2D eigenvalue weighted by Gasteiger charge is 2.14. The molecule has 1 heterocycles. The third-order valence-electron chi connectivity index (χ3n) is 2.37. The summed E-state index contributed by atoms with van der Waals surface area (Å²) in [6, 6.07) is 6.61. The van der Waals surface area contributed by atoms with Gasteiger partial charge in [-0.3, -0.25) is 10.1 Å². The van der Waals surface area contributed by atoms with Crippen LogP contribution in [0.3, 0.4) is 0 Å². The second-order valence-corrected chi connectivity index (χ2v) is 3.40. The van der Waals surface area contributed by atoms with Crippen molar-refractivity contribution in [2.45, 2.75) is 6.92 Å². The number of para-hydroxylation sites is 1. The zero-order chi connectivity index (χ0) is 11.7. The highest BCUT2D eigenvalue weighted by molar-refractivity contribution is 5.90. The van der Waals surface area contributed by atoms with Gasteiger partial charge >= 0.3 is 0 Å². The fourth-order valence-electron chi connectivity index (χ4n) is 1.62. The number of nitrogens with two attached hydrogens (primary N) is 1. The van der Waals surface area contributed by atoms with Gasteiger partial charge in [-0.25, -0.2) is 10.8 Å². The molecule has 0 bridgehead atoms. The standard InChI is InChI=1S/C10H10N4O2/c1-6-5-9(13-11)12-10-7(6)3-2-4-8(10)14(15)16/h2-5H,11H2,1H3,(H,12,13). The summed E-state index contributed by atoms with van der Waals surface area (Å²) in [5.74, 6) is 5.67. The van der Waals surface area contributed by atoms with Crippen LogP contribution in [0.4, 0.5) is 11.5 Å². The molecule has 0 aliphatic carbocycles. The summed E-state index contributed by atoms with van der Waals surface area (Å²) in [7, 11) is 0. The quantitative estimate of drug-likeness (QED) is 0.455. The molecule has 16 heavy (non-hydrogen) atoms. The second-order valence-electron chi connectivity index (χ2n) is 3.40. The van der Waals surface area contributed by atoms with E-state index in [1.54, 1.807) is 18.2 Å². The van der Waals surface area contributed by atoms with Crippen LogP contribution in [0.1, 0.15) is 5.56 Å². The molecule has 0 atom stereocenters. The molecule has 0 aliphatic rings. The van der Waals surface area contributed by atoms with Crippen molar-refractivity contribution in [2.75, 3.05) is 5.43 Å². The number of nitrogens with one attached hydrogen (secondary N) is 1. The van der Waals surface area contributed by atoms with Crippen molar-refractivity contribution in [1.29, 1.82) is 0 Å². The Hall–Kier alpha value is -2.21. The van der Waals surface area contributed by atoms with Crippen LogP contribution >= 0.6 is 0 Å². The number of hydrogen-bond donors (Lipinski definition) is 2. The zero-order valence-corrected chi connectivity index (χ0v) is 8.60. The molecule has 0 saturated heterocycles. The molecule has 1 aromatic heterocycles. The number of pyridine rings is 1. The molecule has 82 valence electrons. The zero-order valence-electron chi connectivity index (χ0n) is 8.60. The summed E-state index contributed by atoms with van der Waals surface area (Å²) in [5, 5.41) is 11.6. The maximum Gasteiger partial charge on any atom is 0.295 e. The van der Waals surface area contributed by atoms with E-state index in [1.165, 1.54) is 6.07 Å². The first-order valence-corrected chi connectivity index (χ1v) is 4.65. The summed E-state index contributed by atoms with van der Waals surface area (Å²) in [6.45, 7) is 1.86. The van der Waals surface area contributed by atoms with Gasteiger partial charge in [0.05, 0.1) is 4.92 Å². The van der Waals surface area contributed by atoms with Gasteiger partial charge in [0, 0.05) is 11.5 Å². The Kier molecular flexibility index (Phi) is 2.41. The number of non-ortho nitro benzene ring substituents is 1. The van der Waals surface area contributed by atoms with Crippen molar-refractivity contribution in [3.05, 3.63) is 39.9 Å². The van der Waals surface area contributed by atoms with Crippen molar-refractivity contribution < 1.29 is 4.92 Å². The monoisotopic (exact) mass is 218 g/mol. The molecular weight excluding hydrogens is 208 g/mol. The molecule has 0 aliphatic heterocycles. The summed E-state index contributed by atoms with van der Waals surface area (Å²) in [6.07, 6.45) is 0. The van der Waals surface area contributed by atoms with Crippen molar-refractivity contribution >= 4 is 22.4 Å². The predicted octanol–water partition coefficient (Wildman–Crippen LogP) is 1.74. The minimum atomic E-state index is -0.449. The summed E-state index contributed by atoms with van der Waals surface area (Å²) < 4.78 is 0. The lowest BCUT2D eigenvalue weighted by molar-refractivity contribution is -0.383. The molecule has 0 fully saturated rings. The third-order valence-corrected chi connectivity index (χ3v) is 2.37. The average Bonchev–Trinajstić information content (AvgIpc) is 2.28. The van der Waals surface area contributed by atoms with Crippen LogP contribution in [-0.4, -0.2) is 9.91 Å². The van der Waals surface area contributed by atoms with Gasteiger partial charge < -0.3 is 5.43 Å². The smallest absolute Gasteiger partial charge is 0.295 e. The van der Waals surface area contributed by atoms with Gasteiger partial charge in [0.25, 0.3) is 5.69 Å². The van der Waals surface area contributed by atoms with E-state index in [9.17, 15) is 10.1 Å². The van der Waals surface area contributed by atoms with E-state index in [0.29, 0.717) is 11.3 Å². The number of nitrogens with zero attached hydrogens (tertiary/aromatic N) is 2. The lowest BCUT2D eigenvalue weighted by atomic mass is 10.1. The first kappa shape index (κ1) is 10.3. The number of fused-ring (bicyclic) bond motifs is 1. The van der Waals surface area contributed by atoms with Crippen LogP contribution in [0.25, 0.3) is 10.9 Å². The minimum Gasteiger partial charge on any atom is -0.308 e. The van der Waals surface area contributed by atoms with Crippen molar-refractivity contribution in [2.24, 2.45) is 5.84 Å². The molecule has 0 spiro atoms. The van der Waals surface area contributed by atoms with Gasteiger partial charge in [-0.05, 0) is 18.6 Å². The van der Waals surface area contributed by atoms with Gasteiger partial charge in [0.2, 0.25) is 0 Å². The fourth-order valence-corrected chi connectivity index (χ4v) is 1.62. The van der Waals surface area contributed by atoms with Crippen LogP contribution in [-0.2, 0) is 0 Å². The Labute approximate surface area is 91.2 Å². The van der Waals surface area contributed by atoms with Gasteiger partial charge in [-0.15, -0.1) is 0 Å². The predicted molar refractivity (Wildman–Crippen MR) is 60.9 cm³/mol. The van der Waals surface area contributed by atoms with Crippen LogP contribution in [0, 0.1) is 17.0 Å². The van der Waals surface area contributed by atoms with Crippen molar-refractivity contribution in [3.8, 4) is 0 Å². The van der Waals surface area contributed by atoms with Crippen LogP contribution in [0.2, 0.25) is 0 Å². The largest absolute Gasteiger partial charge is 0.308 e. The molecule has 0 radical (unpaired) electrons. The topological polar surface area (TPSA) is 94.1 Å². The van der Waals surface area contributed by atoms with Crippen molar-refractivity contribution in [3.63, 3.8) is 0 Å². The molecule has 0 amide bonds. The summed E-state index contributed by atoms with van der Waals surface area (Å²) in [4.78, 5) is 14.5. The fraction of sp³-hybridized carbons (Fsp3) is 0.100. The Bertz CT molecular complexity index is 568. The molecule has 3 N–H and O–H groups in total. The van der Waals surface area contributed by atoms with E-state index in [-0.39, 0.29) is 5.69 Å². The SMILES string of the molecule is Cc1cc(NN)nc2c([N+](=O)[O-])cccc12. The van der Waals surface area contributed by atoms with Gasteiger partial charge in [0.1, 0.15) is 5.82 Å². The maximum absolute atomic E-state index is 10.8. The second kappa shape index (κ2) is 3.74. The van der Waals surface area contributed by atoms with E-state index in [0.717, 1.165) is 10.9 Å². The molecule has 0 saturated carbocycles. The molecule has 6 nitrogen and oxygen atoms in total. The number of benzene rings is 1.